The Morgan fingerprint density at radius 3 is 3.00 bits per heavy atom. The summed E-state index contributed by atoms with van der Waals surface area (Å²) >= 11 is 0. The van der Waals surface area contributed by atoms with E-state index >= 15 is 0 Å². The summed E-state index contributed by atoms with van der Waals surface area (Å²) in [5.41, 5.74) is 1.28. The van der Waals surface area contributed by atoms with Crippen LogP contribution in [0, 0.1) is 0 Å². The summed E-state index contributed by atoms with van der Waals surface area (Å²) in [4.78, 5) is 13.9. The second-order valence-corrected chi connectivity index (χ2v) is 3.20. The molecular weight excluding hydrogens is 176 g/mol. The highest BCUT2D eigenvalue weighted by Crippen LogP contribution is 2.04. The van der Waals surface area contributed by atoms with Gasteiger partial charge in [0.05, 0.1) is 0 Å². The average molecular weight is 191 g/mol. The van der Waals surface area contributed by atoms with Crippen LogP contribution in [0.15, 0.2) is 24.5 Å². The van der Waals surface area contributed by atoms with Crippen LogP contribution in [-0.4, -0.2) is 17.9 Å². The molecule has 1 N–H and O–H groups in total. The van der Waals surface area contributed by atoms with Crippen LogP contribution in [-0.2, 0) is 11.2 Å². The van der Waals surface area contributed by atoms with E-state index in [4.69, 9.17) is 0 Å². The van der Waals surface area contributed by atoms with Crippen LogP contribution in [0.4, 0.5) is 0 Å². The summed E-state index contributed by atoms with van der Waals surface area (Å²) in [6, 6.07) is 4.04. The first-order valence-electron chi connectivity index (χ1n) is 4.92. The standard InChI is InChI=1S/C11H15N2O/c14-10-13-7-3-1-2-5-11-6-4-8-12-9-11/h4,6,8-9H,1-3,5,7H2,(H,13,14). The zero-order valence-corrected chi connectivity index (χ0v) is 8.20. The van der Waals surface area contributed by atoms with Crippen molar-refractivity contribution in [2.24, 2.45) is 0 Å². The van der Waals surface area contributed by atoms with Crippen LogP contribution >= 0.6 is 0 Å². The van der Waals surface area contributed by atoms with E-state index in [2.05, 4.69) is 16.4 Å². The highest BCUT2D eigenvalue weighted by molar-refractivity contribution is 5.46. The van der Waals surface area contributed by atoms with Crippen molar-refractivity contribution in [2.75, 3.05) is 6.54 Å². The first-order chi connectivity index (χ1) is 6.93. The molecule has 0 atom stereocenters. The van der Waals surface area contributed by atoms with E-state index in [1.54, 1.807) is 12.6 Å². The Hall–Kier alpha value is -1.38. The number of nitrogens with one attached hydrogen (secondary N) is 1. The average Bonchev–Trinajstić information content (AvgIpc) is 2.25. The normalized spacial score (nSPS) is 9.71. The van der Waals surface area contributed by atoms with Crippen molar-refractivity contribution in [1.82, 2.24) is 10.3 Å². The second-order valence-electron chi connectivity index (χ2n) is 3.20. The van der Waals surface area contributed by atoms with Crippen LogP contribution in [0.2, 0.25) is 0 Å². The first kappa shape index (κ1) is 10.7. The molecular formula is C11H15N2O. The van der Waals surface area contributed by atoms with Crippen LogP contribution in [0.1, 0.15) is 24.8 Å². The molecule has 0 saturated heterocycles. The van der Waals surface area contributed by atoms with Gasteiger partial charge in [-0.25, -0.2) is 0 Å². The third-order valence-corrected chi connectivity index (χ3v) is 2.06. The Balaban J connectivity index is 2.02. The smallest absolute Gasteiger partial charge is 0.309 e. The Morgan fingerprint density at radius 1 is 1.36 bits per heavy atom. The summed E-state index contributed by atoms with van der Waals surface area (Å²) < 4.78 is 0. The number of unbranched alkanes of at least 4 members (excludes halogenated alkanes) is 2. The van der Waals surface area contributed by atoms with E-state index in [-0.39, 0.29) is 0 Å². The van der Waals surface area contributed by atoms with Crippen LogP contribution < -0.4 is 5.32 Å². The molecule has 1 radical (unpaired) electrons. The van der Waals surface area contributed by atoms with Gasteiger partial charge in [0.25, 0.3) is 0 Å². The molecule has 0 aliphatic heterocycles. The number of rotatable bonds is 7. The number of hydrogen-bond acceptors (Lipinski definition) is 2. The minimum Gasteiger partial charge on any atom is -0.348 e. The van der Waals surface area contributed by atoms with Gasteiger partial charge in [-0.05, 0) is 30.9 Å². The SMILES string of the molecule is O=[C]NCCCCCc1cccnc1. The van der Waals surface area contributed by atoms with E-state index in [1.165, 1.54) is 5.56 Å². The Bertz CT molecular complexity index is 249. The fourth-order valence-corrected chi connectivity index (χ4v) is 1.32. The number of pyridine rings is 1. The maximum Gasteiger partial charge on any atom is 0.309 e. The van der Waals surface area contributed by atoms with Crippen molar-refractivity contribution in [2.45, 2.75) is 25.7 Å². The maximum atomic E-state index is 9.81. The van der Waals surface area contributed by atoms with Crippen LogP contribution in [0.25, 0.3) is 0 Å². The maximum absolute atomic E-state index is 9.81. The summed E-state index contributed by atoms with van der Waals surface area (Å²) in [5, 5.41) is 2.53. The molecule has 0 aliphatic carbocycles. The quantitative estimate of drug-likeness (QED) is 0.523. The molecule has 75 valence electrons. The number of aromatic nitrogens is 1. The van der Waals surface area contributed by atoms with E-state index in [0.29, 0.717) is 0 Å². The summed E-state index contributed by atoms with van der Waals surface area (Å²) in [6.07, 6.45) is 9.72. The van der Waals surface area contributed by atoms with E-state index in [1.807, 2.05) is 12.3 Å². The van der Waals surface area contributed by atoms with Crippen molar-refractivity contribution in [3.63, 3.8) is 0 Å². The van der Waals surface area contributed by atoms with Crippen molar-refractivity contribution < 1.29 is 4.79 Å². The minimum absolute atomic E-state index is 0.733. The fourth-order valence-electron chi connectivity index (χ4n) is 1.32. The Morgan fingerprint density at radius 2 is 2.29 bits per heavy atom. The molecule has 0 spiro atoms. The molecule has 0 fully saturated rings. The van der Waals surface area contributed by atoms with Gasteiger partial charge < -0.3 is 5.32 Å². The summed E-state index contributed by atoms with van der Waals surface area (Å²) in [5.74, 6) is 0. The van der Waals surface area contributed by atoms with Gasteiger partial charge in [-0.1, -0.05) is 12.5 Å². The van der Waals surface area contributed by atoms with Gasteiger partial charge in [0.2, 0.25) is 0 Å². The van der Waals surface area contributed by atoms with Gasteiger partial charge in [-0.3, -0.25) is 9.78 Å². The lowest BCUT2D eigenvalue weighted by molar-refractivity contribution is 0.537. The topological polar surface area (TPSA) is 42.0 Å². The molecule has 14 heavy (non-hydrogen) atoms. The van der Waals surface area contributed by atoms with Gasteiger partial charge in [-0.2, -0.15) is 0 Å². The summed E-state index contributed by atoms with van der Waals surface area (Å²) in [7, 11) is 0. The van der Waals surface area contributed by atoms with Crippen molar-refractivity contribution in [1.29, 1.82) is 0 Å². The van der Waals surface area contributed by atoms with E-state index in [0.717, 1.165) is 32.2 Å². The van der Waals surface area contributed by atoms with Gasteiger partial charge in [-0.15, -0.1) is 0 Å². The third kappa shape index (κ3) is 4.60. The van der Waals surface area contributed by atoms with Gasteiger partial charge >= 0.3 is 6.41 Å². The van der Waals surface area contributed by atoms with Crippen molar-refractivity contribution in [3.8, 4) is 0 Å². The molecule has 0 aliphatic rings. The van der Waals surface area contributed by atoms with E-state index < -0.39 is 0 Å². The first-order valence-corrected chi connectivity index (χ1v) is 4.92. The highest BCUT2D eigenvalue weighted by Gasteiger charge is 1.92. The summed E-state index contributed by atoms with van der Waals surface area (Å²) in [6.45, 7) is 0.733. The Kier molecular flexibility index (Phi) is 5.40. The Labute approximate surface area is 84.6 Å². The monoisotopic (exact) mass is 191 g/mol. The molecule has 1 aromatic heterocycles. The molecule has 1 rings (SSSR count). The number of aryl methyl sites for hydroxylation is 1. The largest absolute Gasteiger partial charge is 0.348 e. The van der Waals surface area contributed by atoms with Crippen LogP contribution in [0.3, 0.4) is 0 Å². The molecule has 0 bridgehead atoms. The molecule has 3 nitrogen and oxygen atoms in total. The number of carbonyl (C=O) groups excluding carboxylic acids is 1. The van der Waals surface area contributed by atoms with E-state index in [9.17, 15) is 4.79 Å². The predicted molar refractivity (Wildman–Crippen MR) is 55.5 cm³/mol. The molecule has 1 amide bonds. The van der Waals surface area contributed by atoms with Crippen molar-refractivity contribution >= 4 is 6.41 Å². The predicted octanol–water partition coefficient (Wildman–Crippen LogP) is 1.45. The zero-order valence-electron chi connectivity index (χ0n) is 8.20. The molecule has 3 heteroatoms. The molecule has 0 aromatic carbocycles. The lowest BCUT2D eigenvalue weighted by Gasteiger charge is -2.00. The fraction of sp³-hybridized carbons (Fsp3) is 0.455. The lowest BCUT2D eigenvalue weighted by atomic mass is 10.1. The zero-order chi connectivity index (χ0) is 10.1. The van der Waals surface area contributed by atoms with Gasteiger partial charge in [0, 0.05) is 18.9 Å². The third-order valence-electron chi connectivity index (χ3n) is 2.06. The molecule has 1 heterocycles. The number of nitrogens with zero attached hydrogens (tertiary/aromatic N) is 1. The van der Waals surface area contributed by atoms with Gasteiger partial charge in [0.15, 0.2) is 0 Å². The number of hydrogen-bond donors (Lipinski definition) is 1. The van der Waals surface area contributed by atoms with Gasteiger partial charge in [0.1, 0.15) is 0 Å². The number of amides is 1. The lowest BCUT2D eigenvalue weighted by Crippen LogP contribution is -2.11. The molecule has 0 unspecified atom stereocenters. The minimum atomic E-state index is 0.733. The molecule has 0 saturated carbocycles. The van der Waals surface area contributed by atoms with Crippen molar-refractivity contribution in [3.05, 3.63) is 30.1 Å². The molecule has 1 aromatic rings. The second kappa shape index (κ2) is 7.06. The van der Waals surface area contributed by atoms with Crippen LogP contribution in [0.5, 0.6) is 0 Å². The highest BCUT2D eigenvalue weighted by atomic mass is 16.1.